The van der Waals surface area contributed by atoms with E-state index in [1.807, 2.05) is 24.3 Å². The summed E-state index contributed by atoms with van der Waals surface area (Å²) in [7, 11) is 1.36. The van der Waals surface area contributed by atoms with Gasteiger partial charge in [-0.1, -0.05) is 12.1 Å². The van der Waals surface area contributed by atoms with Gasteiger partial charge in [-0.3, -0.25) is 9.59 Å². The van der Waals surface area contributed by atoms with E-state index in [0.717, 1.165) is 8.45 Å². The van der Waals surface area contributed by atoms with Crippen molar-refractivity contribution in [3.8, 4) is 0 Å². The Bertz CT molecular complexity index is 619. The van der Waals surface area contributed by atoms with Crippen LogP contribution in [0.25, 0.3) is 0 Å². The van der Waals surface area contributed by atoms with E-state index in [1.165, 1.54) is 18.4 Å². The second kappa shape index (κ2) is 6.29. The molecule has 2 aromatic rings. The molecule has 0 saturated carbocycles. The summed E-state index contributed by atoms with van der Waals surface area (Å²) in [5.74, 6) is -0.304. The molecule has 0 bridgehead atoms. The number of halogens is 1. The molecule has 0 aliphatic carbocycles. The Hall–Kier alpha value is -1.21. The molecule has 0 atom stereocenters. The van der Waals surface area contributed by atoms with Crippen LogP contribution in [0.1, 0.15) is 20.1 Å². The van der Waals surface area contributed by atoms with Crippen molar-refractivity contribution < 1.29 is 14.3 Å². The Balaban J connectivity index is 2.21. The van der Waals surface area contributed by atoms with Crippen LogP contribution >= 0.6 is 33.9 Å². The Morgan fingerprint density at radius 3 is 2.63 bits per heavy atom. The third-order valence-electron chi connectivity index (χ3n) is 2.55. The van der Waals surface area contributed by atoms with Gasteiger partial charge in [0.05, 0.1) is 18.4 Å². The van der Waals surface area contributed by atoms with Crippen molar-refractivity contribution in [1.29, 1.82) is 0 Å². The highest BCUT2D eigenvalue weighted by Gasteiger charge is 2.15. The third kappa shape index (κ3) is 3.42. The summed E-state index contributed by atoms with van der Waals surface area (Å²) in [5, 5.41) is 0. The molecule has 19 heavy (non-hydrogen) atoms. The van der Waals surface area contributed by atoms with Crippen LogP contribution < -0.4 is 0 Å². The van der Waals surface area contributed by atoms with Crippen LogP contribution in [0.15, 0.2) is 36.4 Å². The fourth-order valence-corrected chi connectivity index (χ4v) is 3.17. The largest absolute Gasteiger partial charge is 0.469 e. The number of benzene rings is 1. The highest BCUT2D eigenvalue weighted by atomic mass is 127. The number of carbonyl (C=O) groups is 2. The number of carbonyl (C=O) groups excluding carboxylic acids is 2. The molecule has 0 spiro atoms. The molecule has 0 amide bonds. The first-order valence-corrected chi connectivity index (χ1v) is 7.46. The lowest BCUT2D eigenvalue weighted by Gasteiger charge is -2.00. The normalized spacial score (nSPS) is 10.2. The topological polar surface area (TPSA) is 43.4 Å². The smallest absolute Gasteiger partial charge is 0.310 e. The monoisotopic (exact) mass is 386 g/mol. The van der Waals surface area contributed by atoms with Gasteiger partial charge in [0.1, 0.15) is 0 Å². The molecule has 2 rings (SSSR count). The molecular formula is C14H11IO3S. The summed E-state index contributed by atoms with van der Waals surface area (Å²) in [6.07, 6.45) is 0.209. The van der Waals surface area contributed by atoms with Crippen LogP contribution in [0, 0.1) is 3.57 Å². The molecule has 1 aromatic carbocycles. The van der Waals surface area contributed by atoms with Crippen LogP contribution in [0.4, 0.5) is 0 Å². The van der Waals surface area contributed by atoms with E-state index in [2.05, 4.69) is 27.3 Å². The summed E-state index contributed by atoms with van der Waals surface area (Å²) >= 11 is 3.48. The summed E-state index contributed by atoms with van der Waals surface area (Å²) in [6.45, 7) is 0. The maximum Gasteiger partial charge on any atom is 0.310 e. The number of esters is 1. The number of methoxy groups -OCH3 is 1. The number of hydrogen-bond donors (Lipinski definition) is 0. The molecule has 3 nitrogen and oxygen atoms in total. The zero-order valence-corrected chi connectivity index (χ0v) is 13.2. The van der Waals surface area contributed by atoms with Crippen molar-refractivity contribution in [1.82, 2.24) is 0 Å². The summed E-state index contributed by atoms with van der Waals surface area (Å²) < 4.78 is 5.53. The molecular weight excluding hydrogens is 375 g/mol. The highest BCUT2D eigenvalue weighted by Crippen LogP contribution is 2.23. The summed E-state index contributed by atoms with van der Waals surface area (Å²) in [5.41, 5.74) is 0.689. The van der Waals surface area contributed by atoms with E-state index in [-0.39, 0.29) is 18.2 Å². The zero-order valence-electron chi connectivity index (χ0n) is 10.2. The van der Waals surface area contributed by atoms with Crippen molar-refractivity contribution in [3.05, 3.63) is 55.3 Å². The van der Waals surface area contributed by atoms with Crippen molar-refractivity contribution in [3.63, 3.8) is 0 Å². The maximum atomic E-state index is 12.3. The maximum absolute atomic E-state index is 12.3. The molecule has 98 valence electrons. The van der Waals surface area contributed by atoms with E-state index in [9.17, 15) is 9.59 Å². The molecule has 0 radical (unpaired) electrons. The lowest BCUT2D eigenvalue weighted by molar-refractivity contribution is -0.139. The predicted octanol–water partition coefficient (Wildman–Crippen LogP) is 3.30. The van der Waals surface area contributed by atoms with Crippen LogP contribution in [0.3, 0.4) is 0 Å². The van der Waals surface area contributed by atoms with Gasteiger partial charge in [0, 0.05) is 14.0 Å². The van der Waals surface area contributed by atoms with Gasteiger partial charge in [-0.05, 0) is 46.9 Å². The third-order valence-corrected chi connectivity index (χ3v) is 4.57. The number of hydrogen-bond acceptors (Lipinski definition) is 4. The Kier molecular flexibility index (Phi) is 4.71. The number of thiophene rings is 1. The lowest BCUT2D eigenvalue weighted by atomic mass is 10.1. The van der Waals surface area contributed by atoms with Gasteiger partial charge in [0.15, 0.2) is 0 Å². The SMILES string of the molecule is COC(=O)Cc1ccc(C(=O)c2ccccc2I)s1. The second-order valence-electron chi connectivity index (χ2n) is 3.83. The molecule has 0 aliphatic heterocycles. The molecule has 0 fully saturated rings. The minimum absolute atomic E-state index is 0.00823. The number of ketones is 1. The van der Waals surface area contributed by atoms with E-state index >= 15 is 0 Å². The van der Waals surface area contributed by atoms with Crippen molar-refractivity contribution in [2.75, 3.05) is 7.11 Å². The van der Waals surface area contributed by atoms with Crippen LogP contribution in [0.2, 0.25) is 0 Å². The van der Waals surface area contributed by atoms with Crippen molar-refractivity contribution in [2.24, 2.45) is 0 Å². The average Bonchev–Trinajstić information content (AvgIpc) is 2.87. The fraction of sp³-hybridized carbons (Fsp3) is 0.143. The van der Waals surface area contributed by atoms with Gasteiger partial charge in [-0.15, -0.1) is 11.3 Å². The second-order valence-corrected chi connectivity index (χ2v) is 6.16. The molecule has 0 unspecified atom stereocenters. The van der Waals surface area contributed by atoms with E-state index in [1.54, 1.807) is 12.1 Å². The van der Waals surface area contributed by atoms with E-state index < -0.39 is 0 Å². The lowest BCUT2D eigenvalue weighted by Crippen LogP contribution is -2.03. The quantitative estimate of drug-likeness (QED) is 0.460. The molecule has 0 N–H and O–H groups in total. The van der Waals surface area contributed by atoms with Gasteiger partial charge in [0.2, 0.25) is 5.78 Å². The number of ether oxygens (including phenoxy) is 1. The molecule has 0 aliphatic rings. The Morgan fingerprint density at radius 2 is 1.95 bits per heavy atom. The fourth-order valence-electron chi connectivity index (χ4n) is 1.59. The first kappa shape index (κ1) is 14.2. The standard InChI is InChI=1S/C14H11IO3S/c1-18-13(16)8-9-6-7-12(19-9)14(17)10-4-2-3-5-11(10)15/h2-7H,8H2,1H3. The van der Waals surface area contributed by atoms with E-state index in [4.69, 9.17) is 0 Å². The van der Waals surface area contributed by atoms with Crippen molar-refractivity contribution >= 4 is 45.7 Å². The number of rotatable bonds is 4. The summed E-state index contributed by atoms with van der Waals surface area (Å²) in [4.78, 5) is 25.0. The predicted molar refractivity (Wildman–Crippen MR) is 82.6 cm³/mol. The van der Waals surface area contributed by atoms with Gasteiger partial charge in [0.25, 0.3) is 0 Å². The average molecular weight is 386 g/mol. The minimum Gasteiger partial charge on any atom is -0.469 e. The van der Waals surface area contributed by atoms with Crippen molar-refractivity contribution in [2.45, 2.75) is 6.42 Å². The van der Waals surface area contributed by atoms with Crippen LogP contribution in [-0.4, -0.2) is 18.9 Å². The first-order valence-electron chi connectivity index (χ1n) is 5.56. The Labute approximate surface area is 128 Å². The van der Waals surface area contributed by atoms with Gasteiger partial charge in [-0.2, -0.15) is 0 Å². The summed E-state index contributed by atoms with van der Waals surface area (Å²) in [6, 6.07) is 11.0. The van der Waals surface area contributed by atoms with Gasteiger partial charge >= 0.3 is 5.97 Å². The van der Waals surface area contributed by atoms with E-state index in [0.29, 0.717) is 10.4 Å². The van der Waals surface area contributed by atoms with Gasteiger partial charge < -0.3 is 4.74 Å². The van der Waals surface area contributed by atoms with Crippen LogP contribution in [-0.2, 0) is 16.0 Å². The molecule has 0 saturated heterocycles. The minimum atomic E-state index is -0.296. The first-order chi connectivity index (χ1) is 9.11. The van der Waals surface area contributed by atoms with Crippen LogP contribution in [0.5, 0.6) is 0 Å². The van der Waals surface area contributed by atoms with Gasteiger partial charge in [-0.25, -0.2) is 0 Å². The zero-order chi connectivity index (χ0) is 13.8. The highest BCUT2D eigenvalue weighted by molar-refractivity contribution is 14.1. The molecule has 1 heterocycles. The Morgan fingerprint density at radius 1 is 1.21 bits per heavy atom. The molecule has 1 aromatic heterocycles. The molecule has 5 heteroatoms.